The van der Waals surface area contributed by atoms with Crippen LogP contribution >= 0.6 is 0 Å². The van der Waals surface area contributed by atoms with Crippen molar-refractivity contribution in [3.05, 3.63) is 52.9 Å². The topological polar surface area (TPSA) is 62.5 Å². The van der Waals surface area contributed by atoms with Crippen LogP contribution in [-0.2, 0) is 6.54 Å². The molecular weight excluding hydrogens is 324 g/mol. The van der Waals surface area contributed by atoms with Gasteiger partial charge in [-0.3, -0.25) is 4.99 Å². The molecule has 3 rings (SSSR count). The monoisotopic (exact) mass is 354 g/mol. The van der Waals surface area contributed by atoms with Crippen LogP contribution in [0.25, 0.3) is 0 Å². The molecule has 1 heterocycles. The molecule has 1 aromatic heterocycles. The molecule has 1 aromatic carbocycles. The molecule has 2 aromatic rings. The van der Waals surface area contributed by atoms with Crippen LogP contribution in [0.5, 0.6) is 0 Å². The highest BCUT2D eigenvalue weighted by Crippen LogP contribution is 2.41. The van der Waals surface area contributed by atoms with Crippen molar-refractivity contribution < 1.29 is 4.52 Å². The van der Waals surface area contributed by atoms with Gasteiger partial charge in [0.2, 0.25) is 0 Å². The fraction of sp³-hybridized carbons (Fsp3) is 0.524. The Labute approximate surface area is 156 Å². The quantitative estimate of drug-likeness (QED) is 0.604. The maximum Gasteiger partial charge on any atom is 0.191 e. The Bertz CT molecular complexity index is 746. The minimum absolute atomic E-state index is 0.374. The van der Waals surface area contributed by atoms with E-state index >= 15 is 0 Å². The van der Waals surface area contributed by atoms with Gasteiger partial charge in [0, 0.05) is 25.1 Å². The highest BCUT2D eigenvalue weighted by molar-refractivity contribution is 5.80. The summed E-state index contributed by atoms with van der Waals surface area (Å²) in [5, 5.41) is 10.9. The third-order valence-corrected chi connectivity index (χ3v) is 4.97. The van der Waals surface area contributed by atoms with Gasteiger partial charge in [-0.1, -0.05) is 57.1 Å². The Kier molecular flexibility index (Phi) is 5.64. The molecule has 26 heavy (non-hydrogen) atoms. The highest BCUT2D eigenvalue weighted by atomic mass is 16.5. The Hall–Kier alpha value is -2.30. The summed E-state index contributed by atoms with van der Waals surface area (Å²) in [5.41, 5.74) is 3.78. The average molecular weight is 354 g/mol. The first-order valence-electron chi connectivity index (χ1n) is 9.50. The molecule has 5 nitrogen and oxygen atoms in total. The van der Waals surface area contributed by atoms with E-state index in [1.807, 2.05) is 6.07 Å². The van der Waals surface area contributed by atoms with E-state index in [1.165, 1.54) is 11.1 Å². The maximum atomic E-state index is 5.37. The van der Waals surface area contributed by atoms with E-state index in [-0.39, 0.29) is 0 Å². The lowest BCUT2D eigenvalue weighted by atomic mass is 10.0. The average Bonchev–Trinajstić information content (AvgIpc) is 3.22. The number of aliphatic imine (C=N–C) groups is 1. The van der Waals surface area contributed by atoms with Crippen LogP contribution in [0.15, 0.2) is 39.8 Å². The normalized spacial score (nSPS) is 19.9. The summed E-state index contributed by atoms with van der Waals surface area (Å²) < 4.78 is 5.37. The SMILES string of the molecule is CN=C(NCc1cc(C(C)C)no1)NC1CC1c1ccc(C(C)C)cc1. The molecule has 0 aliphatic heterocycles. The van der Waals surface area contributed by atoms with Crippen molar-refractivity contribution in [3.63, 3.8) is 0 Å². The van der Waals surface area contributed by atoms with E-state index in [0.29, 0.717) is 30.3 Å². The molecule has 140 valence electrons. The van der Waals surface area contributed by atoms with Gasteiger partial charge in [0.15, 0.2) is 11.7 Å². The summed E-state index contributed by atoms with van der Waals surface area (Å²) in [7, 11) is 1.80. The van der Waals surface area contributed by atoms with Gasteiger partial charge in [-0.25, -0.2) is 0 Å². The van der Waals surface area contributed by atoms with Crippen LogP contribution < -0.4 is 10.6 Å². The number of nitrogens with one attached hydrogen (secondary N) is 2. The van der Waals surface area contributed by atoms with E-state index < -0.39 is 0 Å². The van der Waals surface area contributed by atoms with Crippen molar-refractivity contribution >= 4 is 5.96 Å². The van der Waals surface area contributed by atoms with Gasteiger partial charge in [0.1, 0.15) is 0 Å². The first-order valence-corrected chi connectivity index (χ1v) is 9.50. The van der Waals surface area contributed by atoms with Crippen LogP contribution in [0.1, 0.15) is 74.5 Å². The lowest BCUT2D eigenvalue weighted by molar-refractivity contribution is 0.372. The third kappa shape index (κ3) is 4.45. The fourth-order valence-electron chi connectivity index (χ4n) is 3.08. The van der Waals surface area contributed by atoms with Crippen molar-refractivity contribution in [2.24, 2.45) is 4.99 Å². The lowest BCUT2D eigenvalue weighted by Gasteiger charge is -2.11. The number of hydrogen-bond acceptors (Lipinski definition) is 3. The third-order valence-electron chi connectivity index (χ3n) is 4.97. The molecule has 2 unspecified atom stereocenters. The smallest absolute Gasteiger partial charge is 0.191 e. The first-order chi connectivity index (χ1) is 12.5. The molecule has 0 bridgehead atoms. The Morgan fingerprint density at radius 2 is 1.92 bits per heavy atom. The summed E-state index contributed by atoms with van der Waals surface area (Å²) in [5.74, 6) is 3.14. The van der Waals surface area contributed by atoms with Crippen LogP contribution in [0, 0.1) is 0 Å². The molecular formula is C21H30N4O. The molecule has 1 aliphatic carbocycles. The van der Waals surface area contributed by atoms with Crippen molar-refractivity contribution in [3.8, 4) is 0 Å². The summed E-state index contributed by atoms with van der Waals surface area (Å²) in [6.45, 7) is 9.25. The molecule has 0 radical (unpaired) electrons. The van der Waals surface area contributed by atoms with E-state index in [0.717, 1.165) is 23.8 Å². The van der Waals surface area contributed by atoms with Gasteiger partial charge < -0.3 is 15.2 Å². The van der Waals surface area contributed by atoms with Gasteiger partial charge in [0.05, 0.1) is 12.2 Å². The number of nitrogens with zero attached hydrogens (tertiary/aromatic N) is 2. The van der Waals surface area contributed by atoms with Gasteiger partial charge >= 0.3 is 0 Å². The van der Waals surface area contributed by atoms with Crippen molar-refractivity contribution in [1.82, 2.24) is 15.8 Å². The molecule has 5 heteroatoms. The molecule has 0 saturated heterocycles. The summed E-state index contributed by atoms with van der Waals surface area (Å²) in [6.07, 6.45) is 1.14. The molecule has 2 N–H and O–H groups in total. The standard InChI is InChI=1S/C21H30N4O/c1-13(2)15-6-8-16(9-7-15)18-11-20(18)24-21(22-5)23-12-17-10-19(14(3)4)25-26-17/h6-10,13-14,18,20H,11-12H2,1-5H3,(H2,22,23,24). The first kappa shape index (κ1) is 18.5. The number of rotatable bonds is 6. The zero-order valence-electron chi connectivity index (χ0n) is 16.4. The van der Waals surface area contributed by atoms with Crippen molar-refractivity contribution in [2.45, 2.75) is 64.5 Å². The highest BCUT2D eigenvalue weighted by Gasteiger charge is 2.39. The van der Waals surface area contributed by atoms with Crippen LogP contribution in [0.2, 0.25) is 0 Å². The fourth-order valence-corrected chi connectivity index (χ4v) is 3.08. The van der Waals surface area contributed by atoms with Gasteiger partial charge in [0.25, 0.3) is 0 Å². The zero-order chi connectivity index (χ0) is 18.7. The molecule has 0 amide bonds. The number of guanidine groups is 1. The minimum Gasteiger partial charge on any atom is -0.359 e. The van der Waals surface area contributed by atoms with E-state index in [4.69, 9.17) is 4.52 Å². The van der Waals surface area contributed by atoms with Gasteiger partial charge in [-0.05, 0) is 29.4 Å². The number of aromatic nitrogens is 1. The molecule has 1 saturated carbocycles. The Morgan fingerprint density at radius 3 is 2.50 bits per heavy atom. The van der Waals surface area contributed by atoms with Crippen molar-refractivity contribution in [2.75, 3.05) is 7.05 Å². The molecule has 1 fully saturated rings. The molecule has 0 spiro atoms. The zero-order valence-corrected chi connectivity index (χ0v) is 16.4. The number of hydrogen-bond donors (Lipinski definition) is 2. The van der Waals surface area contributed by atoms with Gasteiger partial charge in [-0.15, -0.1) is 0 Å². The predicted molar refractivity (Wildman–Crippen MR) is 106 cm³/mol. The second-order valence-corrected chi connectivity index (χ2v) is 7.71. The largest absolute Gasteiger partial charge is 0.359 e. The van der Waals surface area contributed by atoms with Crippen LogP contribution in [0.4, 0.5) is 0 Å². The Morgan fingerprint density at radius 1 is 1.19 bits per heavy atom. The lowest BCUT2D eigenvalue weighted by Crippen LogP contribution is -2.38. The second kappa shape index (κ2) is 7.94. The van der Waals surface area contributed by atoms with Crippen LogP contribution in [-0.4, -0.2) is 24.2 Å². The Balaban J connectivity index is 1.50. The second-order valence-electron chi connectivity index (χ2n) is 7.71. The van der Waals surface area contributed by atoms with Gasteiger partial charge in [-0.2, -0.15) is 0 Å². The summed E-state index contributed by atoms with van der Waals surface area (Å²) in [4.78, 5) is 4.32. The molecule has 2 atom stereocenters. The van der Waals surface area contributed by atoms with E-state index in [2.05, 4.69) is 72.7 Å². The predicted octanol–water partition coefficient (Wildman–Crippen LogP) is 4.14. The van der Waals surface area contributed by atoms with E-state index in [1.54, 1.807) is 7.05 Å². The van der Waals surface area contributed by atoms with E-state index in [9.17, 15) is 0 Å². The minimum atomic E-state index is 0.374. The molecule has 1 aliphatic rings. The van der Waals surface area contributed by atoms with Crippen molar-refractivity contribution in [1.29, 1.82) is 0 Å². The maximum absolute atomic E-state index is 5.37. The van der Waals surface area contributed by atoms with Crippen LogP contribution in [0.3, 0.4) is 0 Å². The number of benzene rings is 1. The summed E-state index contributed by atoms with van der Waals surface area (Å²) in [6, 6.07) is 11.5. The summed E-state index contributed by atoms with van der Waals surface area (Å²) >= 11 is 0.